The van der Waals surface area contributed by atoms with Crippen molar-refractivity contribution >= 4 is 28.6 Å². The smallest absolute Gasteiger partial charge is 0.379 e. The van der Waals surface area contributed by atoms with Crippen LogP contribution in [0, 0.1) is 11.6 Å². The Morgan fingerprint density at radius 2 is 1.95 bits per heavy atom. The summed E-state index contributed by atoms with van der Waals surface area (Å²) in [5.41, 5.74) is -2.20. The number of halogens is 6. The number of benzene rings is 1. The maximum Gasteiger partial charge on any atom is 0.421 e. The van der Waals surface area contributed by atoms with Gasteiger partial charge in [0.25, 0.3) is 0 Å². The van der Waals surface area contributed by atoms with E-state index in [1.165, 1.54) is 6.20 Å². The Bertz CT molecular complexity index is 626. The van der Waals surface area contributed by atoms with E-state index in [1.807, 2.05) is 0 Å². The van der Waals surface area contributed by atoms with Crippen LogP contribution in [0.1, 0.15) is 10.4 Å². The number of anilines is 1. The number of hydrogen-bond donors (Lipinski definition) is 1. The summed E-state index contributed by atoms with van der Waals surface area (Å²) in [6.07, 6.45) is -3.56. The summed E-state index contributed by atoms with van der Waals surface area (Å²) in [6, 6.07) is 0.784. The molecule has 0 radical (unpaired) electrons. The lowest BCUT2D eigenvalue weighted by Crippen LogP contribution is -2.13. The Morgan fingerprint density at radius 1 is 1.25 bits per heavy atom. The first kappa shape index (κ1) is 15.0. The SMILES string of the molecule is Fc1cc(F)c(C(F)(F)F)c(NCc2cnc(Cl)s2)c1. The molecule has 0 amide bonds. The van der Waals surface area contributed by atoms with Crippen molar-refractivity contribution in [3.63, 3.8) is 0 Å². The van der Waals surface area contributed by atoms with Crippen LogP contribution in [-0.4, -0.2) is 4.98 Å². The van der Waals surface area contributed by atoms with E-state index in [0.29, 0.717) is 10.9 Å². The maximum absolute atomic E-state index is 13.3. The van der Waals surface area contributed by atoms with Crippen LogP contribution < -0.4 is 5.32 Å². The van der Waals surface area contributed by atoms with Crippen LogP contribution in [0.2, 0.25) is 4.47 Å². The minimum absolute atomic E-state index is 0.0731. The Labute approximate surface area is 119 Å². The van der Waals surface area contributed by atoms with Crippen LogP contribution in [0.3, 0.4) is 0 Å². The molecule has 20 heavy (non-hydrogen) atoms. The van der Waals surface area contributed by atoms with Crippen LogP contribution in [0.25, 0.3) is 0 Å². The fraction of sp³-hybridized carbons (Fsp3) is 0.182. The number of rotatable bonds is 3. The Kier molecular flexibility index (Phi) is 4.14. The molecule has 0 spiro atoms. The van der Waals surface area contributed by atoms with E-state index in [2.05, 4.69) is 10.3 Å². The number of nitrogens with zero attached hydrogens (tertiary/aromatic N) is 1. The molecule has 0 aliphatic rings. The minimum Gasteiger partial charge on any atom is -0.379 e. The highest BCUT2D eigenvalue weighted by atomic mass is 35.5. The zero-order valence-electron chi connectivity index (χ0n) is 9.56. The van der Waals surface area contributed by atoms with E-state index in [4.69, 9.17) is 11.6 Å². The monoisotopic (exact) mass is 328 g/mol. The number of aromatic nitrogens is 1. The maximum atomic E-state index is 13.3. The average molecular weight is 329 g/mol. The second-order valence-electron chi connectivity index (χ2n) is 3.74. The fourth-order valence-electron chi connectivity index (χ4n) is 1.55. The molecule has 0 bridgehead atoms. The molecular formula is C11H6ClF5N2S. The molecule has 0 atom stereocenters. The van der Waals surface area contributed by atoms with Gasteiger partial charge in [-0.05, 0) is 6.07 Å². The molecule has 2 rings (SSSR count). The van der Waals surface area contributed by atoms with Gasteiger partial charge in [-0.1, -0.05) is 11.6 Å². The van der Waals surface area contributed by atoms with Crippen LogP contribution in [0.4, 0.5) is 27.6 Å². The molecule has 0 fully saturated rings. The Morgan fingerprint density at radius 3 is 2.50 bits per heavy atom. The molecule has 1 N–H and O–H groups in total. The van der Waals surface area contributed by atoms with Gasteiger partial charge in [0.15, 0.2) is 4.47 Å². The normalized spacial score (nSPS) is 11.7. The van der Waals surface area contributed by atoms with Crippen molar-refractivity contribution in [3.8, 4) is 0 Å². The predicted molar refractivity (Wildman–Crippen MR) is 65.8 cm³/mol. The summed E-state index contributed by atoms with van der Waals surface area (Å²) in [4.78, 5) is 4.24. The van der Waals surface area contributed by atoms with Gasteiger partial charge in [0.1, 0.15) is 17.2 Å². The van der Waals surface area contributed by atoms with Crippen molar-refractivity contribution < 1.29 is 22.0 Å². The molecule has 0 aliphatic heterocycles. The zero-order chi connectivity index (χ0) is 14.9. The molecule has 0 saturated carbocycles. The van der Waals surface area contributed by atoms with Crippen LogP contribution >= 0.6 is 22.9 Å². The van der Waals surface area contributed by atoms with Gasteiger partial charge >= 0.3 is 6.18 Å². The standard InChI is InChI=1S/C11H6ClF5N2S/c12-10-19-4-6(20-10)3-18-8-2-5(13)1-7(14)9(8)11(15,16)17/h1-2,4,18H,3H2. The summed E-state index contributed by atoms with van der Waals surface area (Å²) in [7, 11) is 0. The second kappa shape index (κ2) is 5.53. The third-order valence-electron chi connectivity index (χ3n) is 2.32. The van der Waals surface area contributed by atoms with Gasteiger partial charge in [-0.2, -0.15) is 13.2 Å². The summed E-state index contributed by atoms with van der Waals surface area (Å²) in [5, 5.41) is 2.34. The highest BCUT2D eigenvalue weighted by molar-refractivity contribution is 7.15. The molecule has 0 saturated heterocycles. The number of hydrogen-bond acceptors (Lipinski definition) is 3. The van der Waals surface area contributed by atoms with E-state index in [9.17, 15) is 22.0 Å². The molecule has 2 aromatic rings. The van der Waals surface area contributed by atoms with Gasteiger partial charge in [-0.15, -0.1) is 11.3 Å². The molecule has 2 nitrogen and oxygen atoms in total. The van der Waals surface area contributed by atoms with Gasteiger partial charge in [0, 0.05) is 17.1 Å². The van der Waals surface area contributed by atoms with Crippen LogP contribution in [0.15, 0.2) is 18.3 Å². The van der Waals surface area contributed by atoms with Crippen molar-refractivity contribution in [2.75, 3.05) is 5.32 Å². The quantitative estimate of drug-likeness (QED) is 0.826. The first-order valence-corrected chi connectivity index (χ1v) is 6.37. The average Bonchev–Trinajstić information content (AvgIpc) is 2.69. The lowest BCUT2D eigenvalue weighted by atomic mass is 10.1. The highest BCUT2D eigenvalue weighted by Crippen LogP contribution is 2.37. The first-order chi connectivity index (χ1) is 9.27. The molecule has 1 heterocycles. The lowest BCUT2D eigenvalue weighted by molar-refractivity contribution is -0.139. The van der Waals surface area contributed by atoms with Crippen LogP contribution in [-0.2, 0) is 12.7 Å². The third-order valence-corrected chi connectivity index (χ3v) is 3.43. The van der Waals surface area contributed by atoms with Crippen molar-refractivity contribution in [1.82, 2.24) is 4.98 Å². The van der Waals surface area contributed by atoms with Gasteiger partial charge < -0.3 is 5.32 Å². The number of alkyl halides is 3. The Hall–Kier alpha value is -1.41. The van der Waals surface area contributed by atoms with Crippen molar-refractivity contribution in [3.05, 3.63) is 44.9 Å². The van der Waals surface area contributed by atoms with Gasteiger partial charge in [0.2, 0.25) is 0 Å². The van der Waals surface area contributed by atoms with Crippen molar-refractivity contribution in [2.24, 2.45) is 0 Å². The summed E-state index contributed by atoms with van der Waals surface area (Å²) >= 11 is 6.63. The molecule has 9 heteroatoms. The predicted octanol–water partition coefficient (Wildman–Crippen LogP) is 4.71. The summed E-state index contributed by atoms with van der Waals surface area (Å²) < 4.78 is 64.8. The lowest BCUT2D eigenvalue weighted by Gasteiger charge is -2.15. The van der Waals surface area contributed by atoms with Crippen molar-refractivity contribution in [2.45, 2.75) is 12.7 Å². The molecule has 0 unspecified atom stereocenters. The number of nitrogens with one attached hydrogen (secondary N) is 1. The highest BCUT2D eigenvalue weighted by Gasteiger charge is 2.37. The first-order valence-electron chi connectivity index (χ1n) is 5.17. The second-order valence-corrected chi connectivity index (χ2v) is 5.44. The zero-order valence-corrected chi connectivity index (χ0v) is 11.1. The molecule has 1 aromatic heterocycles. The fourth-order valence-corrected chi connectivity index (χ4v) is 2.47. The molecule has 108 valence electrons. The largest absolute Gasteiger partial charge is 0.421 e. The van der Waals surface area contributed by atoms with E-state index in [-0.39, 0.29) is 17.1 Å². The van der Waals surface area contributed by atoms with Gasteiger partial charge in [-0.3, -0.25) is 0 Å². The van der Waals surface area contributed by atoms with E-state index >= 15 is 0 Å². The van der Waals surface area contributed by atoms with E-state index in [1.54, 1.807) is 0 Å². The topological polar surface area (TPSA) is 24.9 Å². The third kappa shape index (κ3) is 3.37. The Balaban J connectivity index is 2.30. The molecule has 1 aromatic carbocycles. The van der Waals surface area contributed by atoms with E-state index in [0.717, 1.165) is 11.3 Å². The van der Waals surface area contributed by atoms with Gasteiger partial charge in [0.05, 0.1) is 12.2 Å². The summed E-state index contributed by atoms with van der Waals surface area (Å²) in [5.74, 6) is -2.76. The van der Waals surface area contributed by atoms with E-state index < -0.39 is 29.1 Å². The molecule has 0 aliphatic carbocycles. The summed E-state index contributed by atoms with van der Waals surface area (Å²) in [6.45, 7) is -0.0731. The molecular weight excluding hydrogens is 323 g/mol. The van der Waals surface area contributed by atoms with Crippen LogP contribution in [0.5, 0.6) is 0 Å². The minimum atomic E-state index is -4.93. The van der Waals surface area contributed by atoms with Crippen molar-refractivity contribution in [1.29, 1.82) is 0 Å². The van der Waals surface area contributed by atoms with Gasteiger partial charge in [-0.25, -0.2) is 13.8 Å². The number of thiazole rings is 1.